The second-order valence-corrected chi connectivity index (χ2v) is 4.86. The first-order valence-corrected chi connectivity index (χ1v) is 5.57. The van der Waals surface area contributed by atoms with Crippen molar-refractivity contribution in [1.29, 1.82) is 0 Å². The maximum absolute atomic E-state index is 11.8. The van der Waals surface area contributed by atoms with Crippen LogP contribution in [0.15, 0.2) is 33.8 Å². The molecule has 0 aliphatic heterocycles. The van der Waals surface area contributed by atoms with Crippen molar-refractivity contribution in [2.24, 2.45) is 4.36 Å². The van der Waals surface area contributed by atoms with Crippen LogP contribution in [-0.4, -0.2) is 21.4 Å². The van der Waals surface area contributed by atoms with Crippen LogP contribution in [0.5, 0.6) is 0 Å². The zero-order valence-corrected chi connectivity index (χ0v) is 8.25. The van der Waals surface area contributed by atoms with Gasteiger partial charge in [-0.05, 0) is 12.1 Å². The molecular weight excluding hydrogens is 188 g/mol. The summed E-state index contributed by atoms with van der Waals surface area (Å²) in [6.07, 6.45) is 4.45. The lowest BCUT2D eigenvalue weighted by atomic mass is 10.5. The Labute approximate surface area is 77.2 Å². The number of pyridine rings is 1. The highest BCUT2D eigenvalue weighted by atomic mass is 32.2. The quantitative estimate of drug-likeness (QED) is 0.678. The van der Waals surface area contributed by atoms with Crippen LogP contribution in [0.3, 0.4) is 0 Å². The smallest absolute Gasteiger partial charge is 0.250 e. The van der Waals surface area contributed by atoms with Gasteiger partial charge in [0.2, 0.25) is 0 Å². The molecule has 5 heteroatoms. The Morgan fingerprint density at radius 3 is 2.77 bits per heavy atom. The summed E-state index contributed by atoms with van der Waals surface area (Å²) < 4.78 is 15.3. The Kier molecular flexibility index (Phi) is 2.77. The number of carbonyl (C=O) groups excluding carboxylic acids is 1. The number of aromatic nitrogens is 1. The Hall–Kier alpha value is -1.23. The molecule has 1 unspecified atom stereocenters. The van der Waals surface area contributed by atoms with Crippen LogP contribution in [-0.2, 0) is 14.5 Å². The van der Waals surface area contributed by atoms with Crippen molar-refractivity contribution in [2.45, 2.75) is 11.8 Å². The topological polar surface area (TPSA) is 59.4 Å². The normalized spacial score (nSPS) is 14.6. The first kappa shape index (κ1) is 9.85. The van der Waals surface area contributed by atoms with Crippen molar-refractivity contribution in [1.82, 2.24) is 4.98 Å². The minimum atomic E-state index is -2.60. The monoisotopic (exact) mass is 198 g/mol. The van der Waals surface area contributed by atoms with E-state index < -0.39 is 15.6 Å². The SMILES string of the molecule is CC(=O)N=S(C)(=O)c1cccnc1. The first-order chi connectivity index (χ1) is 6.02. The largest absolute Gasteiger partial charge is 0.272 e. The minimum absolute atomic E-state index is 0.434. The Balaban J connectivity index is 3.24. The third-order valence-electron chi connectivity index (χ3n) is 1.37. The molecule has 0 saturated carbocycles. The minimum Gasteiger partial charge on any atom is -0.272 e. The van der Waals surface area contributed by atoms with Crippen molar-refractivity contribution in [2.75, 3.05) is 6.26 Å². The predicted molar refractivity (Wildman–Crippen MR) is 49.7 cm³/mol. The lowest BCUT2D eigenvalue weighted by Crippen LogP contribution is -2.00. The van der Waals surface area contributed by atoms with E-state index in [0.29, 0.717) is 4.90 Å². The molecule has 0 saturated heterocycles. The maximum atomic E-state index is 11.8. The predicted octanol–water partition coefficient (Wildman–Crippen LogP) is 1.08. The summed E-state index contributed by atoms with van der Waals surface area (Å²) in [5, 5.41) is 0. The zero-order valence-electron chi connectivity index (χ0n) is 7.43. The average Bonchev–Trinajstić information content (AvgIpc) is 2.04. The Morgan fingerprint density at radius 1 is 1.62 bits per heavy atom. The number of hydrogen-bond donors (Lipinski definition) is 0. The highest BCUT2D eigenvalue weighted by Gasteiger charge is 2.05. The summed E-state index contributed by atoms with van der Waals surface area (Å²) in [7, 11) is -2.60. The van der Waals surface area contributed by atoms with Crippen LogP contribution in [0.4, 0.5) is 0 Å². The van der Waals surface area contributed by atoms with Crippen LogP contribution in [0.2, 0.25) is 0 Å². The Morgan fingerprint density at radius 2 is 2.31 bits per heavy atom. The van der Waals surface area contributed by atoms with Crippen LogP contribution < -0.4 is 0 Å². The second kappa shape index (κ2) is 3.66. The van der Waals surface area contributed by atoms with Gasteiger partial charge in [-0.15, -0.1) is 0 Å². The van der Waals surface area contributed by atoms with Crippen LogP contribution in [0.1, 0.15) is 6.92 Å². The molecule has 0 fully saturated rings. The number of hydrogen-bond acceptors (Lipinski definition) is 3. The molecule has 13 heavy (non-hydrogen) atoms. The maximum Gasteiger partial charge on any atom is 0.250 e. The van der Waals surface area contributed by atoms with Crippen molar-refractivity contribution >= 4 is 15.6 Å². The highest BCUT2D eigenvalue weighted by Crippen LogP contribution is 2.08. The Bertz CT molecular complexity index is 419. The molecule has 0 bridgehead atoms. The van der Waals surface area contributed by atoms with Crippen LogP contribution >= 0.6 is 0 Å². The van der Waals surface area contributed by atoms with Gasteiger partial charge in [0.1, 0.15) is 0 Å². The van der Waals surface area contributed by atoms with Crippen LogP contribution in [0, 0.1) is 0 Å². The summed E-state index contributed by atoms with van der Waals surface area (Å²) >= 11 is 0. The standard InChI is InChI=1S/C8H10N2O2S/c1-7(11)10-13(2,12)8-4-3-5-9-6-8/h3-6H,1-2H3. The van der Waals surface area contributed by atoms with Gasteiger partial charge in [-0.3, -0.25) is 9.78 Å². The molecule has 0 spiro atoms. The first-order valence-electron chi connectivity index (χ1n) is 3.65. The van der Waals surface area contributed by atoms with Gasteiger partial charge >= 0.3 is 0 Å². The zero-order chi connectivity index (χ0) is 9.90. The van der Waals surface area contributed by atoms with Gasteiger partial charge in [-0.1, -0.05) is 0 Å². The fourth-order valence-electron chi connectivity index (χ4n) is 0.869. The van der Waals surface area contributed by atoms with E-state index in [9.17, 15) is 9.00 Å². The van der Waals surface area contributed by atoms with E-state index in [1.54, 1.807) is 18.3 Å². The molecule has 0 radical (unpaired) electrons. The van der Waals surface area contributed by atoms with Crippen LogP contribution in [0.25, 0.3) is 0 Å². The lowest BCUT2D eigenvalue weighted by molar-refractivity contribution is -0.115. The van der Waals surface area contributed by atoms with E-state index in [2.05, 4.69) is 9.35 Å². The summed E-state index contributed by atoms with van der Waals surface area (Å²) in [6, 6.07) is 3.30. The third kappa shape index (κ3) is 2.62. The second-order valence-electron chi connectivity index (χ2n) is 2.60. The molecule has 0 aliphatic rings. The van der Waals surface area contributed by atoms with E-state index in [-0.39, 0.29) is 0 Å². The van der Waals surface area contributed by atoms with E-state index in [0.717, 1.165) is 0 Å². The summed E-state index contributed by atoms with van der Waals surface area (Å²) in [5.41, 5.74) is 0. The van der Waals surface area contributed by atoms with Gasteiger partial charge in [0.15, 0.2) is 0 Å². The summed E-state index contributed by atoms with van der Waals surface area (Å²) in [6.45, 7) is 1.28. The number of rotatable bonds is 1. The molecule has 0 N–H and O–H groups in total. The molecule has 1 amide bonds. The number of carbonyl (C=O) groups is 1. The highest BCUT2D eigenvalue weighted by molar-refractivity contribution is 7.93. The number of nitrogens with zero attached hydrogens (tertiary/aromatic N) is 2. The van der Waals surface area contributed by atoms with Gasteiger partial charge < -0.3 is 0 Å². The van der Waals surface area contributed by atoms with E-state index in [1.165, 1.54) is 19.4 Å². The molecule has 70 valence electrons. The van der Waals surface area contributed by atoms with Gasteiger partial charge in [0, 0.05) is 25.6 Å². The van der Waals surface area contributed by atoms with Crippen molar-refractivity contribution in [3.8, 4) is 0 Å². The molecular formula is C8H10N2O2S. The lowest BCUT2D eigenvalue weighted by Gasteiger charge is -2.00. The number of amides is 1. The van der Waals surface area contributed by atoms with Crippen molar-refractivity contribution in [3.05, 3.63) is 24.5 Å². The average molecular weight is 198 g/mol. The summed E-state index contributed by atoms with van der Waals surface area (Å²) in [4.78, 5) is 15.0. The van der Waals surface area contributed by atoms with E-state index in [4.69, 9.17) is 0 Å². The van der Waals surface area contributed by atoms with Crippen molar-refractivity contribution in [3.63, 3.8) is 0 Å². The molecule has 1 atom stereocenters. The van der Waals surface area contributed by atoms with Gasteiger partial charge in [0.05, 0.1) is 14.6 Å². The van der Waals surface area contributed by atoms with Gasteiger partial charge in [-0.2, -0.15) is 4.36 Å². The summed E-state index contributed by atoms with van der Waals surface area (Å²) in [5.74, 6) is -0.434. The molecule has 1 aromatic rings. The van der Waals surface area contributed by atoms with Gasteiger partial charge in [-0.25, -0.2) is 4.21 Å². The fraction of sp³-hybridized carbons (Fsp3) is 0.250. The molecule has 0 aromatic carbocycles. The molecule has 0 aliphatic carbocycles. The molecule has 4 nitrogen and oxygen atoms in total. The molecule has 1 heterocycles. The third-order valence-corrected chi connectivity index (χ3v) is 3.10. The van der Waals surface area contributed by atoms with Crippen molar-refractivity contribution < 1.29 is 9.00 Å². The van der Waals surface area contributed by atoms with E-state index >= 15 is 0 Å². The fourth-order valence-corrected chi connectivity index (χ4v) is 2.05. The molecule has 1 aromatic heterocycles. The van der Waals surface area contributed by atoms with Gasteiger partial charge in [0.25, 0.3) is 5.91 Å². The van der Waals surface area contributed by atoms with E-state index in [1.807, 2.05) is 0 Å². The molecule has 1 rings (SSSR count).